The molecule has 0 aliphatic carbocycles. The van der Waals surface area contributed by atoms with Gasteiger partial charge >= 0.3 is 0 Å². The summed E-state index contributed by atoms with van der Waals surface area (Å²) in [6.07, 6.45) is 1.51. The summed E-state index contributed by atoms with van der Waals surface area (Å²) in [4.78, 5) is 0. The van der Waals surface area contributed by atoms with Gasteiger partial charge in [0, 0.05) is 5.92 Å². The second-order valence-corrected chi connectivity index (χ2v) is 3.93. The van der Waals surface area contributed by atoms with Gasteiger partial charge in [-0.25, -0.2) is 0 Å². The molecule has 0 saturated heterocycles. The van der Waals surface area contributed by atoms with Gasteiger partial charge in [-0.1, -0.05) is 48.9 Å². The molecule has 1 nitrogen and oxygen atoms in total. The maximum absolute atomic E-state index is 9.87. The first-order valence-corrected chi connectivity index (χ1v) is 4.99. The lowest BCUT2D eigenvalue weighted by Crippen LogP contribution is -2.13. The van der Waals surface area contributed by atoms with Crippen LogP contribution in [0.5, 0.6) is 0 Å². The van der Waals surface area contributed by atoms with Crippen molar-refractivity contribution in [3.8, 4) is 0 Å². The van der Waals surface area contributed by atoms with E-state index in [1.165, 1.54) is 5.56 Å². The second kappa shape index (κ2) is 4.97. The minimum atomic E-state index is -0.387. The third kappa shape index (κ3) is 3.00. The number of allylic oxidation sites excluding steroid dienone is 1. The molecule has 0 bridgehead atoms. The van der Waals surface area contributed by atoms with Gasteiger partial charge in [-0.15, -0.1) is 0 Å². The quantitative estimate of drug-likeness (QED) is 0.726. The molecular weight excluding hydrogens is 172 g/mol. The molecule has 14 heavy (non-hydrogen) atoms. The van der Waals surface area contributed by atoms with Crippen LogP contribution in [0.15, 0.2) is 42.0 Å². The fraction of sp³-hybridized carbons (Fsp3) is 0.385. The van der Waals surface area contributed by atoms with Crippen LogP contribution in [0.25, 0.3) is 0 Å². The maximum Gasteiger partial charge on any atom is 0.0789 e. The minimum absolute atomic E-state index is 0.158. The number of rotatable bonds is 3. The van der Waals surface area contributed by atoms with Crippen molar-refractivity contribution in [1.82, 2.24) is 0 Å². The Morgan fingerprint density at radius 2 is 1.79 bits per heavy atom. The predicted octanol–water partition coefficient (Wildman–Crippen LogP) is 3.12. The van der Waals surface area contributed by atoms with Crippen molar-refractivity contribution in [1.29, 1.82) is 0 Å². The Morgan fingerprint density at radius 3 is 2.29 bits per heavy atom. The minimum Gasteiger partial charge on any atom is -0.388 e. The molecule has 1 rings (SSSR count). The SMILES string of the molecule is CC(C)=CC(O)C(C)c1ccccc1. The van der Waals surface area contributed by atoms with Gasteiger partial charge in [0.05, 0.1) is 6.10 Å². The van der Waals surface area contributed by atoms with Gasteiger partial charge in [-0.2, -0.15) is 0 Å². The lowest BCUT2D eigenvalue weighted by atomic mass is 9.94. The Balaban J connectivity index is 2.76. The predicted molar refractivity (Wildman–Crippen MR) is 60.3 cm³/mol. The van der Waals surface area contributed by atoms with Crippen molar-refractivity contribution in [2.75, 3.05) is 0 Å². The molecule has 1 aromatic rings. The van der Waals surface area contributed by atoms with Crippen LogP contribution >= 0.6 is 0 Å². The molecular formula is C13H18O. The molecule has 2 atom stereocenters. The van der Waals surface area contributed by atoms with E-state index in [0.29, 0.717) is 0 Å². The summed E-state index contributed by atoms with van der Waals surface area (Å²) in [6, 6.07) is 10.1. The van der Waals surface area contributed by atoms with Gasteiger partial charge in [0.25, 0.3) is 0 Å². The van der Waals surface area contributed by atoms with Crippen molar-refractivity contribution >= 4 is 0 Å². The number of benzene rings is 1. The van der Waals surface area contributed by atoms with Gasteiger partial charge in [0.15, 0.2) is 0 Å². The van der Waals surface area contributed by atoms with E-state index in [4.69, 9.17) is 0 Å². The lowest BCUT2D eigenvalue weighted by molar-refractivity contribution is 0.196. The Morgan fingerprint density at radius 1 is 1.21 bits per heavy atom. The second-order valence-electron chi connectivity index (χ2n) is 3.93. The first-order valence-electron chi connectivity index (χ1n) is 4.99. The van der Waals surface area contributed by atoms with Gasteiger partial charge in [-0.3, -0.25) is 0 Å². The molecule has 0 saturated carbocycles. The average Bonchev–Trinajstić information content (AvgIpc) is 2.17. The molecule has 0 spiro atoms. The molecule has 0 radical (unpaired) electrons. The largest absolute Gasteiger partial charge is 0.388 e. The van der Waals surface area contributed by atoms with Crippen LogP contribution in [-0.2, 0) is 0 Å². The Hall–Kier alpha value is -1.08. The summed E-state index contributed by atoms with van der Waals surface area (Å²) in [5, 5.41) is 9.87. The van der Waals surface area contributed by atoms with E-state index in [1.807, 2.05) is 57.2 Å². The van der Waals surface area contributed by atoms with E-state index in [9.17, 15) is 5.11 Å². The van der Waals surface area contributed by atoms with E-state index >= 15 is 0 Å². The van der Waals surface area contributed by atoms with Crippen LogP contribution in [0, 0.1) is 0 Å². The van der Waals surface area contributed by atoms with Crippen molar-refractivity contribution in [2.24, 2.45) is 0 Å². The summed E-state index contributed by atoms with van der Waals surface area (Å²) in [5.74, 6) is 0.158. The smallest absolute Gasteiger partial charge is 0.0789 e. The van der Waals surface area contributed by atoms with Crippen LogP contribution in [0.2, 0.25) is 0 Å². The van der Waals surface area contributed by atoms with E-state index in [1.54, 1.807) is 0 Å². The van der Waals surface area contributed by atoms with Gasteiger partial charge in [-0.05, 0) is 19.4 Å². The molecule has 0 aromatic heterocycles. The summed E-state index contributed by atoms with van der Waals surface area (Å²) < 4.78 is 0. The highest BCUT2D eigenvalue weighted by atomic mass is 16.3. The maximum atomic E-state index is 9.87. The summed E-state index contributed by atoms with van der Waals surface area (Å²) in [5.41, 5.74) is 2.33. The third-order valence-electron chi connectivity index (χ3n) is 2.34. The molecule has 0 heterocycles. The average molecular weight is 190 g/mol. The van der Waals surface area contributed by atoms with Crippen molar-refractivity contribution in [3.63, 3.8) is 0 Å². The van der Waals surface area contributed by atoms with Crippen LogP contribution in [0.3, 0.4) is 0 Å². The van der Waals surface area contributed by atoms with Crippen LogP contribution < -0.4 is 0 Å². The highest BCUT2D eigenvalue weighted by Crippen LogP contribution is 2.20. The fourth-order valence-corrected chi connectivity index (χ4v) is 1.44. The van der Waals surface area contributed by atoms with Crippen LogP contribution in [0.4, 0.5) is 0 Å². The molecule has 0 fully saturated rings. The highest BCUT2D eigenvalue weighted by molar-refractivity contribution is 5.21. The molecule has 1 heteroatoms. The van der Waals surface area contributed by atoms with E-state index in [2.05, 4.69) is 0 Å². The number of aliphatic hydroxyl groups excluding tert-OH is 1. The third-order valence-corrected chi connectivity index (χ3v) is 2.34. The van der Waals surface area contributed by atoms with Crippen molar-refractivity contribution in [2.45, 2.75) is 32.8 Å². The normalized spacial score (nSPS) is 14.6. The molecule has 0 aliphatic heterocycles. The molecule has 1 aromatic carbocycles. The zero-order chi connectivity index (χ0) is 10.6. The highest BCUT2D eigenvalue weighted by Gasteiger charge is 2.12. The van der Waals surface area contributed by atoms with Gasteiger partial charge in [0.2, 0.25) is 0 Å². The van der Waals surface area contributed by atoms with Gasteiger partial charge in [0.1, 0.15) is 0 Å². The van der Waals surface area contributed by atoms with E-state index in [0.717, 1.165) is 5.57 Å². The topological polar surface area (TPSA) is 20.2 Å². The van der Waals surface area contributed by atoms with Crippen LogP contribution in [0.1, 0.15) is 32.3 Å². The first-order chi connectivity index (χ1) is 6.61. The summed E-state index contributed by atoms with van der Waals surface area (Å²) in [6.45, 7) is 6.04. The summed E-state index contributed by atoms with van der Waals surface area (Å²) >= 11 is 0. The standard InChI is InChI=1S/C13H18O/c1-10(2)9-13(14)11(3)12-7-5-4-6-8-12/h4-9,11,13-14H,1-3H3. The van der Waals surface area contributed by atoms with Crippen molar-refractivity contribution in [3.05, 3.63) is 47.5 Å². The molecule has 0 aliphatic rings. The first kappa shape index (κ1) is 11.0. The number of hydrogen-bond acceptors (Lipinski definition) is 1. The van der Waals surface area contributed by atoms with Gasteiger partial charge < -0.3 is 5.11 Å². The zero-order valence-electron chi connectivity index (χ0n) is 9.07. The summed E-state index contributed by atoms with van der Waals surface area (Å²) in [7, 11) is 0. The van der Waals surface area contributed by atoms with Crippen molar-refractivity contribution < 1.29 is 5.11 Å². The zero-order valence-corrected chi connectivity index (χ0v) is 9.07. The monoisotopic (exact) mass is 190 g/mol. The van der Waals surface area contributed by atoms with E-state index < -0.39 is 0 Å². The number of aliphatic hydroxyl groups is 1. The Labute approximate surface area is 86.1 Å². The fourth-order valence-electron chi connectivity index (χ4n) is 1.44. The molecule has 1 N–H and O–H groups in total. The molecule has 0 amide bonds. The lowest BCUT2D eigenvalue weighted by Gasteiger charge is -2.16. The van der Waals surface area contributed by atoms with E-state index in [-0.39, 0.29) is 12.0 Å². The molecule has 2 unspecified atom stereocenters. The Bertz CT molecular complexity index is 296. The Kier molecular flexibility index (Phi) is 3.90. The molecule has 76 valence electrons. The number of hydrogen-bond donors (Lipinski definition) is 1. The van der Waals surface area contributed by atoms with Crippen LogP contribution in [-0.4, -0.2) is 11.2 Å².